The second-order valence-corrected chi connectivity index (χ2v) is 7.54. The molecule has 0 aliphatic heterocycles. The second kappa shape index (κ2) is 6.27. The minimum Gasteiger partial charge on any atom is -0.497 e. The Kier molecular flexibility index (Phi) is 4.64. The van der Waals surface area contributed by atoms with Crippen LogP contribution in [0.3, 0.4) is 0 Å². The third-order valence-corrected chi connectivity index (χ3v) is 5.46. The zero-order valence-electron chi connectivity index (χ0n) is 13.3. The van der Waals surface area contributed by atoms with Crippen LogP contribution in [0.4, 0.5) is 22.0 Å². The Morgan fingerprint density at radius 1 is 0.808 bits per heavy atom. The molecule has 8 heteroatoms. The molecule has 0 N–H and O–H groups in total. The van der Waals surface area contributed by atoms with E-state index in [9.17, 15) is 22.0 Å². The fraction of sp³-hybridized carbons (Fsp3) is 0.333. The number of methoxy groups -OCH3 is 1. The van der Waals surface area contributed by atoms with Crippen LogP contribution in [0.2, 0.25) is 0 Å². The average Bonchev–Trinajstić information content (AvgIpc) is 3.16. The van der Waals surface area contributed by atoms with Crippen molar-refractivity contribution in [1.82, 2.24) is 0 Å². The molecule has 2 aromatic rings. The third-order valence-electron chi connectivity index (χ3n) is 4.52. The van der Waals surface area contributed by atoms with Gasteiger partial charge in [0.1, 0.15) is 10.1 Å². The van der Waals surface area contributed by atoms with E-state index in [0.717, 1.165) is 17.7 Å². The van der Waals surface area contributed by atoms with Gasteiger partial charge in [0.05, 0.1) is 7.11 Å². The third kappa shape index (κ3) is 3.14. The van der Waals surface area contributed by atoms with Crippen LogP contribution < -0.4 is 4.74 Å². The SMILES string of the molecule is COc1ccc([C@H]2[C@H](c3ccc(C(F)(F)C(F)(F)F)cc3)C2(Cl)Cl)cc1. The summed E-state index contributed by atoms with van der Waals surface area (Å²) in [7, 11) is 1.53. The number of hydrogen-bond donors (Lipinski definition) is 0. The maximum atomic E-state index is 13.4. The lowest BCUT2D eigenvalue weighted by Crippen LogP contribution is -2.33. The predicted octanol–water partition coefficient (Wildman–Crippen LogP) is 6.40. The van der Waals surface area contributed by atoms with Crippen molar-refractivity contribution in [3.63, 3.8) is 0 Å². The van der Waals surface area contributed by atoms with Gasteiger partial charge in [0, 0.05) is 17.4 Å². The number of benzene rings is 2. The van der Waals surface area contributed by atoms with Crippen molar-refractivity contribution in [2.24, 2.45) is 0 Å². The normalized spacial score (nSPS) is 22.2. The van der Waals surface area contributed by atoms with E-state index >= 15 is 0 Å². The maximum Gasteiger partial charge on any atom is 0.458 e. The first kappa shape index (κ1) is 19.2. The lowest BCUT2D eigenvalue weighted by atomic mass is 10.0. The minimum atomic E-state index is -5.65. The summed E-state index contributed by atoms with van der Waals surface area (Å²) in [6.45, 7) is 0. The molecule has 2 atom stereocenters. The fourth-order valence-electron chi connectivity index (χ4n) is 3.03. The zero-order chi connectivity index (χ0) is 19.3. The molecule has 2 aromatic carbocycles. The number of hydrogen-bond acceptors (Lipinski definition) is 1. The van der Waals surface area contributed by atoms with Gasteiger partial charge >= 0.3 is 12.1 Å². The molecule has 0 heterocycles. The topological polar surface area (TPSA) is 9.23 Å². The summed E-state index contributed by atoms with van der Waals surface area (Å²) in [6.07, 6.45) is -5.65. The van der Waals surface area contributed by atoms with Gasteiger partial charge in [-0.25, -0.2) is 0 Å². The molecule has 3 rings (SSSR count). The molecule has 1 saturated carbocycles. The van der Waals surface area contributed by atoms with Crippen molar-refractivity contribution in [2.45, 2.75) is 28.3 Å². The summed E-state index contributed by atoms with van der Waals surface area (Å²) < 4.78 is 68.1. The second-order valence-electron chi connectivity index (χ2n) is 6.10. The molecule has 0 spiro atoms. The molecular formula is C18H13Cl2F5O. The van der Waals surface area contributed by atoms with Gasteiger partial charge in [-0.2, -0.15) is 22.0 Å². The minimum absolute atomic E-state index is 0.300. The van der Waals surface area contributed by atoms with Gasteiger partial charge in [0.15, 0.2) is 0 Å². The van der Waals surface area contributed by atoms with Gasteiger partial charge in [-0.3, -0.25) is 0 Å². The van der Waals surface area contributed by atoms with Crippen LogP contribution in [-0.2, 0) is 5.92 Å². The Labute approximate surface area is 156 Å². The van der Waals surface area contributed by atoms with Crippen molar-refractivity contribution in [3.05, 3.63) is 65.2 Å². The van der Waals surface area contributed by atoms with Crippen molar-refractivity contribution < 1.29 is 26.7 Å². The lowest BCUT2D eigenvalue weighted by Gasteiger charge is -2.20. The van der Waals surface area contributed by atoms with E-state index in [2.05, 4.69) is 0 Å². The van der Waals surface area contributed by atoms with E-state index in [1.165, 1.54) is 19.2 Å². The van der Waals surface area contributed by atoms with E-state index in [4.69, 9.17) is 27.9 Å². The van der Waals surface area contributed by atoms with Crippen LogP contribution in [0, 0.1) is 0 Å². The lowest BCUT2D eigenvalue weighted by molar-refractivity contribution is -0.289. The van der Waals surface area contributed by atoms with Crippen LogP contribution in [-0.4, -0.2) is 17.6 Å². The first-order valence-corrected chi connectivity index (χ1v) is 8.32. The average molecular weight is 411 g/mol. The molecule has 0 saturated heterocycles. The Bertz CT molecular complexity index is 785. The molecule has 1 aliphatic carbocycles. The monoisotopic (exact) mass is 410 g/mol. The summed E-state index contributed by atoms with van der Waals surface area (Å²) in [4.78, 5) is 0. The predicted molar refractivity (Wildman–Crippen MR) is 89.3 cm³/mol. The van der Waals surface area contributed by atoms with Crippen molar-refractivity contribution in [2.75, 3.05) is 7.11 Å². The molecule has 1 fully saturated rings. The van der Waals surface area contributed by atoms with E-state index in [1.807, 2.05) is 0 Å². The molecule has 0 bridgehead atoms. The van der Waals surface area contributed by atoms with Crippen LogP contribution in [0.25, 0.3) is 0 Å². The van der Waals surface area contributed by atoms with Crippen molar-refractivity contribution >= 4 is 23.2 Å². The van der Waals surface area contributed by atoms with Gasteiger partial charge in [-0.1, -0.05) is 36.4 Å². The summed E-state index contributed by atoms with van der Waals surface area (Å²) in [6, 6.07) is 11.0. The number of halogens is 7. The number of ether oxygens (including phenoxy) is 1. The highest BCUT2D eigenvalue weighted by atomic mass is 35.5. The van der Waals surface area contributed by atoms with Crippen LogP contribution in [0.5, 0.6) is 5.75 Å². The summed E-state index contributed by atoms with van der Waals surface area (Å²) >= 11 is 12.6. The smallest absolute Gasteiger partial charge is 0.458 e. The van der Waals surface area contributed by atoms with E-state index < -0.39 is 27.9 Å². The van der Waals surface area contributed by atoms with Crippen LogP contribution in [0.15, 0.2) is 48.5 Å². The molecule has 26 heavy (non-hydrogen) atoms. The molecule has 140 valence electrons. The van der Waals surface area contributed by atoms with Crippen molar-refractivity contribution in [3.8, 4) is 5.75 Å². The van der Waals surface area contributed by atoms with E-state index in [1.54, 1.807) is 24.3 Å². The first-order chi connectivity index (χ1) is 12.0. The van der Waals surface area contributed by atoms with Crippen molar-refractivity contribution in [1.29, 1.82) is 0 Å². The Morgan fingerprint density at radius 2 is 1.23 bits per heavy atom. The molecule has 0 aromatic heterocycles. The van der Waals surface area contributed by atoms with Gasteiger partial charge in [-0.15, -0.1) is 23.2 Å². The maximum absolute atomic E-state index is 13.4. The molecule has 0 amide bonds. The summed E-state index contributed by atoms with van der Waals surface area (Å²) in [5.41, 5.74) is 0.202. The van der Waals surface area contributed by atoms with Gasteiger partial charge in [0.2, 0.25) is 0 Å². The molecule has 1 nitrogen and oxygen atoms in total. The summed E-state index contributed by atoms with van der Waals surface area (Å²) in [5.74, 6) is -4.97. The van der Waals surface area contributed by atoms with Gasteiger partial charge < -0.3 is 4.74 Å². The number of rotatable bonds is 4. The number of alkyl halides is 7. The summed E-state index contributed by atoms with van der Waals surface area (Å²) in [5, 5.41) is 0. The van der Waals surface area contributed by atoms with Gasteiger partial charge in [0.25, 0.3) is 0 Å². The molecule has 0 radical (unpaired) electrons. The quantitative estimate of drug-likeness (QED) is 0.418. The largest absolute Gasteiger partial charge is 0.497 e. The zero-order valence-corrected chi connectivity index (χ0v) is 14.8. The highest BCUT2D eigenvalue weighted by Crippen LogP contribution is 2.70. The molecule has 0 unspecified atom stereocenters. The van der Waals surface area contributed by atoms with Gasteiger partial charge in [-0.05, 0) is 23.3 Å². The Morgan fingerprint density at radius 3 is 1.62 bits per heavy atom. The fourth-order valence-corrected chi connectivity index (χ4v) is 3.91. The highest BCUT2D eigenvalue weighted by molar-refractivity contribution is 6.52. The standard InChI is InChI=1S/C18H13Cl2F5O/c1-26-13-8-4-11(5-9-13)15-14(16(15,19)20)10-2-6-12(7-3-10)17(21,22)18(23,24)25/h2-9,14-15H,1H3/t14-,15-/m0/s1. The van der Waals surface area contributed by atoms with Crippen LogP contribution >= 0.6 is 23.2 Å². The Balaban J connectivity index is 1.85. The highest BCUT2D eigenvalue weighted by Gasteiger charge is 2.64. The van der Waals surface area contributed by atoms with Crippen LogP contribution in [0.1, 0.15) is 28.5 Å². The van der Waals surface area contributed by atoms with E-state index in [0.29, 0.717) is 11.3 Å². The molecular weight excluding hydrogens is 398 g/mol. The first-order valence-electron chi connectivity index (χ1n) is 7.57. The van der Waals surface area contributed by atoms with E-state index in [-0.39, 0.29) is 5.92 Å². The molecule has 1 aliphatic rings. The Hall–Kier alpha value is -1.53.